The van der Waals surface area contributed by atoms with Crippen LogP contribution in [0.5, 0.6) is 0 Å². The van der Waals surface area contributed by atoms with Gasteiger partial charge >= 0.3 is 16.3 Å². The molecule has 0 aromatic carbocycles. The number of ether oxygens (including phenoxy) is 1. The van der Waals surface area contributed by atoms with Crippen LogP contribution in [0.15, 0.2) is 12.1 Å². The second kappa shape index (κ2) is 7.10. The summed E-state index contributed by atoms with van der Waals surface area (Å²) in [6, 6.07) is 3.41. The number of aliphatic hydroxyl groups excluding tert-OH is 1. The first-order valence-corrected chi connectivity index (χ1v) is 7.30. The topological polar surface area (TPSA) is 105 Å². The predicted octanol–water partition coefficient (Wildman–Crippen LogP) is -0.218. The number of hydrogen-bond donors (Lipinski definition) is 3. The standard InChI is InChI=1S/C10H12N2O5S2/c1-17-10(14)12-19(15,16)11-7-9-5-4-8(18-9)3-2-6-13/h4-5,11,13H,6-7H2,1H3,(H,12,14). The van der Waals surface area contributed by atoms with Crippen molar-refractivity contribution in [2.24, 2.45) is 0 Å². The highest BCUT2D eigenvalue weighted by molar-refractivity contribution is 7.88. The highest BCUT2D eigenvalue weighted by atomic mass is 32.2. The lowest BCUT2D eigenvalue weighted by molar-refractivity contribution is 0.177. The van der Waals surface area contributed by atoms with E-state index >= 15 is 0 Å². The van der Waals surface area contributed by atoms with Crippen molar-refractivity contribution in [3.63, 3.8) is 0 Å². The van der Waals surface area contributed by atoms with Crippen molar-refractivity contribution < 1.29 is 23.1 Å². The summed E-state index contributed by atoms with van der Waals surface area (Å²) in [5, 5.41) is 8.54. The Hall–Kier alpha value is -1.60. The van der Waals surface area contributed by atoms with E-state index in [0.717, 1.165) is 12.0 Å². The van der Waals surface area contributed by atoms with Crippen LogP contribution in [0, 0.1) is 11.8 Å². The molecule has 0 spiro atoms. The van der Waals surface area contributed by atoms with Crippen LogP contribution in [0.1, 0.15) is 9.75 Å². The summed E-state index contributed by atoms with van der Waals surface area (Å²) in [4.78, 5) is 12.2. The van der Waals surface area contributed by atoms with Crippen LogP contribution in [0.4, 0.5) is 4.79 Å². The van der Waals surface area contributed by atoms with Crippen molar-refractivity contribution in [3.05, 3.63) is 21.9 Å². The van der Waals surface area contributed by atoms with Gasteiger partial charge in [0.25, 0.3) is 0 Å². The zero-order valence-corrected chi connectivity index (χ0v) is 11.6. The number of carbonyl (C=O) groups is 1. The number of rotatable bonds is 4. The number of carbonyl (C=O) groups excluding carboxylic acids is 1. The molecule has 0 saturated heterocycles. The average molecular weight is 304 g/mol. The zero-order chi connectivity index (χ0) is 14.3. The van der Waals surface area contributed by atoms with Crippen molar-refractivity contribution in [1.82, 2.24) is 9.44 Å². The van der Waals surface area contributed by atoms with Crippen LogP contribution in [-0.2, 0) is 21.5 Å². The second-order valence-electron chi connectivity index (χ2n) is 3.14. The maximum Gasteiger partial charge on any atom is 0.421 e. The largest absolute Gasteiger partial charge is 0.452 e. The second-order valence-corrected chi connectivity index (χ2v) is 5.81. The Bertz CT molecular complexity index is 597. The van der Waals surface area contributed by atoms with Crippen molar-refractivity contribution in [2.75, 3.05) is 13.7 Å². The van der Waals surface area contributed by atoms with E-state index in [1.54, 1.807) is 16.9 Å². The zero-order valence-electron chi connectivity index (χ0n) is 9.97. The molecule has 0 bridgehead atoms. The van der Waals surface area contributed by atoms with Crippen molar-refractivity contribution in [3.8, 4) is 11.8 Å². The van der Waals surface area contributed by atoms with E-state index in [1.165, 1.54) is 11.3 Å². The molecule has 1 rings (SSSR count). The monoisotopic (exact) mass is 304 g/mol. The summed E-state index contributed by atoms with van der Waals surface area (Å²) in [5.41, 5.74) is 0. The highest BCUT2D eigenvalue weighted by Crippen LogP contribution is 2.15. The lowest BCUT2D eigenvalue weighted by atomic mass is 10.4. The third-order valence-electron chi connectivity index (χ3n) is 1.79. The van der Waals surface area contributed by atoms with Crippen LogP contribution in [-0.4, -0.2) is 33.3 Å². The van der Waals surface area contributed by atoms with Gasteiger partial charge in [0, 0.05) is 11.4 Å². The molecule has 0 aliphatic rings. The number of nitrogens with one attached hydrogen (secondary N) is 2. The molecule has 1 aromatic heterocycles. The Morgan fingerprint density at radius 1 is 1.53 bits per heavy atom. The first-order valence-electron chi connectivity index (χ1n) is 5.00. The van der Waals surface area contributed by atoms with Gasteiger partial charge in [0.2, 0.25) is 0 Å². The highest BCUT2D eigenvalue weighted by Gasteiger charge is 2.14. The average Bonchev–Trinajstić information content (AvgIpc) is 2.81. The Labute approximate surface area is 114 Å². The minimum Gasteiger partial charge on any atom is -0.452 e. The van der Waals surface area contributed by atoms with Crippen molar-refractivity contribution in [1.29, 1.82) is 0 Å². The van der Waals surface area contributed by atoms with Crippen LogP contribution in [0.3, 0.4) is 0 Å². The Balaban J connectivity index is 2.57. The van der Waals surface area contributed by atoms with Crippen LogP contribution < -0.4 is 9.44 Å². The summed E-state index contributed by atoms with van der Waals surface area (Å²) in [7, 11) is -2.88. The molecule has 1 aromatic rings. The molecule has 0 radical (unpaired) electrons. The van der Waals surface area contributed by atoms with Gasteiger partial charge in [-0.05, 0) is 12.1 Å². The van der Waals surface area contributed by atoms with Crippen LogP contribution in [0.2, 0.25) is 0 Å². The van der Waals surface area contributed by atoms with Gasteiger partial charge in [0.1, 0.15) is 6.61 Å². The summed E-state index contributed by atoms with van der Waals surface area (Å²) >= 11 is 1.28. The molecule has 0 fully saturated rings. The quantitative estimate of drug-likeness (QED) is 0.667. The summed E-state index contributed by atoms with van der Waals surface area (Å²) < 4.78 is 30.8. The summed E-state index contributed by atoms with van der Waals surface area (Å²) in [5.74, 6) is 5.19. The fourth-order valence-corrected chi connectivity index (χ4v) is 2.65. The Morgan fingerprint density at radius 2 is 2.26 bits per heavy atom. The molecule has 1 heterocycles. The van der Waals surface area contributed by atoms with E-state index < -0.39 is 16.3 Å². The number of methoxy groups -OCH3 is 1. The van der Waals surface area contributed by atoms with Crippen LogP contribution >= 0.6 is 11.3 Å². The molecular formula is C10H12N2O5S2. The summed E-state index contributed by atoms with van der Waals surface area (Å²) in [6.07, 6.45) is -1.06. The molecular weight excluding hydrogens is 292 g/mol. The third kappa shape index (κ3) is 5.71. The molecule has 0 atom stereocenters. The lowest BCUT2D eigenvalue weighted by Crippen LogP contribution is -2.39. The summed E-state index contributed by atoms with van der Waals surface area (Å²) in [6.45, 7) is -0.208. The molecule has 19 heavy (non-hydrogen) atoms. The van der Waals surface area contributed by atoms with Gasteiger partial charge < -0.3 is 9.84 Å². The number of thiophene rings is 1. The number of hydrogen-bond acceptors (Lipinski definition) is 6. The molecule has 0 aliphatic heterocycles. The van der Waals surface area contributed by atoms with Gasteiger partial charge in [-0.1, -0.05) is 11.8 Å². The fraction of sp³-hybridized carbons (Fsp3) is 0.300. The van der Waals surface area contributed by atoms with Gasteiger partial charge in [-0.2, -0.15) is 13.1 Å². The third-order valence-corrected chi connectivity index (χ3v) is 3.75. The van der Waals surface area contributed by atoms with E-state index in [4.69, 9.17) is 5.11 Å². The van der Waals surface area contributed by atoms with Gasteiger partial charge in [-0.25, -0.2) is 9.52 Å². The van der Waals surface area contributed by atoms with Crippen molar-refractivity contribution in [2.45, 2.75) is 6.54 Å². The maximum absolute atomic E-state index is 11.4. The lowest BCUT2D eigenvalue weighted by Gasteiger charge is -2.05. The minimum absolute atomic E-state index is 0.0256. The van der Waals surface area contributed by atoms with Gasteiger partial charge in [-0.3, -0.25) is 0 Å². The molecule has 0 aliphatic carbocycles. The van der Waals surface area contributed by atoms with Gasteiger partial charge in [0.05, 0.1) is 12.0 Å². The van der Waals surface area contributed by atoms with Crippen LogP contribution in [0.25, 0.3) is 0 Å². The van der Waals surface area contributed by atoms with Gasteiger partial charge in [0.15, 0.2) is 0 Å². The van der Waals surface area contributed by atoms with E-state index in [0.29, 0.717) is 4.88 Å². The van der Waals surface area contributed by atoms with E-state index in [-0.39, 0.29) is 13.2 Å². The van der Waals surface area contributed by atoms with Gasteiger partial charge in [-0.15, -0.1) is 11.3 Å². The van der Waals surface area contributed by atoms with Crippen molar-refractivity contribution >= 4 is 27.6 Å². The molecule has 104 valence electrons. The Kier molecular flexibility index (Phi) is 5.78. The molecule has 0 saturated carbocycles. The smallest absolute Gasteiger partial charge is 0.421 e. The SMILES string of the molecule is COC(=O)NS(=O)(=O)NCc1ccc(C#CCO)s1. The van der Waals surface area contributed by atoms with E-state index in [9.17, 15) is 13.2 Å². The molecule has 9 heteroatoms. The van der Waals surface area contributed by atoms with E-state index in [1.807, 2.05) is 0 Å². The molecule has 7 nitrogen and oxygen atoms in total. The van der Waals surface area contributed by atoms with E-state index in [2.05, 4.69) is 21.3 Å². The first-order chi connectivity index (χ1) is 8.96. The molecule has 1 amide bonds. The Morgan fingerprint density at radius 3 is 2.89 bits per heavy atom. The molecule has 3 N–H and O–H groups in total. The normalized spacial score (nSPS) is 10.4. The predicted molar refractivity (Wildman–Crippen MR) is 69.6 cm³/mol. The number of aliphatic hydroxyl groups is 1. The maximum atomic E-state index is 11.4. The molecule has 0 unspecified atom stereocenters. The first kappa shape index (κ1) is 15.5. The number of amides is 1. The minimum atomic E-state index is -3.94. The fourth-order valence-electron chi connectivity index (χ4n) is 1.02.